The lowest BCUT2D eigenvalue weighted by Crippen LogP contribution is -2.32. The third kappa shape index (κ3) is 4.88. The van der Waals surface area contributed by atoms with Gasteiger partial charge in [-0.15, -0.1) is 0 Å². The van der Waals surface area contributed by atoms with Gasteiger partial charge in [-0.25, -0.2) is 9.37 Å². The second kappa shape index (κ2) is 9.99. The van der Waals surface area contributed by atoms with Crippen LogP contribution in [0.1, 0.15) is 5.76 Å². The lowest BCUT2D eigenvalue weighted by Gasteiger charge is -2.22. The molecule has 35 heavy (non-hydrogen) atoms. The van der Waals surface area contributed by atoms with Crippen molar-refractivity contribution >= 4 is 34.3 Å². The maximum Gasteiger partial charge on any atom is 0.266 e. The van der Waals surface area contributed by atoms with Crippen LogP contribution in [0.2, 0.25) is 0 Å². The van der Waals surface area contributed by atoms with Gasteiger partial charge in [0.25, 0.3) is 5.56 Å². The molecule has 0 aliphatic heterocycles. The van der Waals surface area contributed by atoms with Gasteiger partial charge in [-0.2, -0.15) is 0 Å². The van der Waals surface area contributed by atoms with E-state index >= 15 is 0 Å². The minimum Gasteiger partial charge on any atom is -0.467 e. The summed E-state index contributed by atoms with van der Waals surface area (Å²) in [4.78, 5) is 33.0. The van der Waals surface area contributed by atoms with Gasteiger partial charge >= 0.3 is 0 Å². The van der Waals surface area contributed by atoms with E-state index in [1.807, 2.05) is 36.4 Å². The van der Waals surface area contributed by atoms with E-state index in [0.29, 0.717) is 27.5 Å². The Morgan fingerprint density at radius 2 is 1.69 bits per heavy atom. The van der Waals surface area contributed by atoms with Gasteiger partial charge in [0.05, 0.1) is 35.2 Å². The molecule has 0 aliphatic rings. The summed E-state index contributed by atoms with van der Waals surface area (Å²) >= 11 is 1.16. The zero-order valence-corrected chi connectivity index (χ0v) is 19.3. The highest BCUT2D eigenvalue weighted by molar-refractivity contribution is 7.99. The number of furan rings is 1. The van der Waals surface area contributed by atoms with Gasteiger partial charge in [-0.3, -0.25) is 14.2 Å². The molecule has 1 amide bonds. The Labute approximate surface area is 204 Å². The molecule has 2 heterocycles. The molecule has 0 atom stereocenters. The number of para-hydroxylation sites is 2. The number of nitrogens with zero attached hydrogens (tertiary/aromatic N) is 3. The van der Waals surface area contributed by atoms with Crippen molar-refractivity contribution < 1.29 is 13.6 Å². The number of aromatic nitrogens is 2. The van der Waals surface area contributed by atoms with E-state index in [9.17, 15) is 14.0 Å². The lowest BCUT2D eigenvalue weighted by molar-refractivity contribution is -0.116. The fourth-order valence-electron chi connectivity index (χ4n) is 3.72. The molecule has 0 unspecified atom stereocenters. The van der Waals surface area contributed by atoms with Gasteiger partial charge in [0.2, 0.25) is 5.91 Å². The number of rotatable bonds is 7. The molecule has 5 rings (SSSR count). The number of anilines is 1. The van der Waals surface area contributed by atoms with Crippen LogP contribution in [0.25, 0.3) is 16.6 Å². The average Bonchev–Trinajstić information content (AvgIpc) is 3.41. The van der Waals surface area contributed by atoms with Crippen LogP contribution in [0.15, 0.2) is 112 Å². The summed E-state index contributed by atoms with van der Waals surface area (Å²) in [6.45, 7) is 0.270. The molecule has 0 bridgehead atoms. The van der Waals surface area contributed by atoms with Crippen molar-refractivity contribution in [3.8, 4) is 5.69 Å². The maximum atomic E-state index is 13.5. The summed E-state index contributed by atoms with van der Waals surface area (Å²) in [6.07, 6.45) is 1.57. The van der Waals surface area contributed by atoms with Crippen molar-refractivity contribution in [1.82, 2.24) is 9.55 Å². The van der Waals surface area contributed by atoms with Crippen LogP contribution in [0.3, 0.4) is 0 Å². The van der Waals surface area contributed by atoms with Gasteiger partial charge in [-0.1, -0.05) is 42.1 Å². The van der Waals surface area contributed by atoms with Crippen LogP contribution in [-0.4, -0.2) is 21.2 Å². The summed E-state index contributed by atoms with van der Waals surface area (Å²) in [5, 5.41) is 0.788. The number of benzene rings is 3. The van der Waals surface area contributed by atoms with Crippen LogP contribution in [0.5, 0.6) is 0 Å². The molecule has 0 N–H and O–H groups in total. The quantitative estimate of drug-likeness (QED) is 0.227. The third-order valence-electron chi connectivity index (χ3n) is 5.42. The first-order valence-electron chi connectivity index (χ1n) is 10.9. The minimum absolute atomic E-state index is 0.0293. The maximum absolute atomic E-state index is 13.5. The molecular weight excluding hydrogens is 465 g/mol. The Hall–Kier alpha value is -4.17. The summed E-state index contributed by atoms with van der Waals surface area (Å²) in [5.74, 6) is 0.1000. The Balaban J connectivity index is 1.49. The molecule has 8 heteroatoms. The van der Waals surface area contributed by atoms with E-state index in [1.54, 1.807) is 41.5 Å². The first-order chi connectivity index (χ1) is 17.1. The Kier molecular flexibility index (Phi) is 6.45. The van der Waals surface area contributed by atoms with E-state index in [0.717, 1.165) is 17.4 Å². The minimum atomic E-state index is -0.406. The van der Waals surface area contributed by atoms with E-state index in [-0.39, 0.29) is 23.8 Å². The topological polar surface area (TPSA) is 68.3 Å². The van der Waals surface area contributed by atoms with Crippen molar-refractivity contribution in [2.75, 3.05) is 10.7 Å². The average molecular weight is 486 g/mol. The third-order valence-corrected chi connectivity index (χ3v) is 6.34. The molecule has 3 aromatic carbocycles. The number of thioether (sulfide) groups is 1. The number of fused-ring (bicyclic) bond motifs is 1. The summed E-state index contributed by atoms with van der Waals surface area (Å²) in [7, 11) is 0. The number of hydrogen-bond acceptors (Lipinski definition) is 5. The molecule has 5 aromatic rings. The smallest absolute Gasteiger partial charge is 0.266 e. The molecule has 0 saturated carbocycles. The standard InChI is InChI=1S/C27H20FN3O3S/c28-19-12-14-21(15-13-19)31-26(33)23-10-4-5-11-24(23)29-27(31)35-18-25(32)30(17-22-9-6-16-34-22)20-7-2-1-3-8-20/h1-16H,17-18H2. The Bertz CT molecular complexity index is 1520. The highest BCUT2D eigenvalue weighted by Gasteiger charge is 2.20. The fraction of sp³-hybridized carbons (Fsp3) is 0.0741. The van der Waals surface area contributed by atoms with Gasteiger partial charge in [0.1, 0.15) is 11.6 Å². The highest BCUT2D eigenvalue weighted by Crippen LogP contribution is 2.24. The van der Waals surface area contributed by atoms with Crippen LogP contribution in [0.4, 0.5) is 10.1 Å². The molecule has 0 spiro atoms. The number of amides is 1. The Morgan fingerprint density at radius 1 is 0.943 bits per heavy atom. The summed E-state index contributed by atoms with van der Waals surface area (Å²) < 4.78 is 20.4. The second-order valence-corrected chi connectivity index (χ2v) is 8.65. The monoisotopic (exact) mass is 485 g/mol. The molecule has 0 saturated heterocycles. The zero-order valence-electron chi connectivity index (χ0n) is 18.5. The molecule has 6 nitrogen and oxygen atoms in total. The van der Waals surface area contributed by atoms with Crippen LogP contribution in [0, 0.1) is 5.82 Å². The zero-order chi connectivity index (χ0) is 24.2. The Morgan fingerprint density at radius 3 is 2.43 bits per heavy atom. The summed E-state index contributed by atoms with van der Waals surface area (Å²) in [5.41, 5.74) is 1.45. The second-order valence-electron chi connectivity index (χ2n) is 7.71. The van der Waals surface area contributed by atoms with Crippen LogP contribution >= 0.6 is 11.8 Å². The van der Waals surface area contributed by atoms with Crippen molar-refractivity contribution in [2.45, 2.75) is 11.7 Å². The number of carbonyl (C=O) groups excluding carboxylic acids is 1. The van der Waals surface area contributed by atoms with Crippen LogP contribution < -0.4 is 10.5 Å². The molecule has 0 radical (unpaired) electrons. The molecule has 0 aliphatic carbocycles. The predicted octanol–water partition coefficient (Wildman–Crippen LogP) is 5.44. The van der Waals surface area contributed by atoms with Crippen LogP contribution in [-0.2, 0) is 11.3 Å². The SMILES string of the molecule is O=C(CSc1nc2ccccc2c(=O)n1-c1ccc(F)cc1)N(Cc1ccco1)c1ccccc1. The van der Waals surface area contributed by atoms with Crippen molar-refractivity contribution in [1.29, 1.82) is 0 Å². The van der Waals surface area contributed by atoms with Gasteiger partial charge in [0, 0.05) is 5.69 Å². The van der Waals surface area contributed by atoms with Gasteiger partial charge < -0.3 is 9.32 Å². The highest BCUT2D eigenvalue weighted by atomic mass is 32.2. The number of halogens is 1. The predicted molar refractivity (Wildman–Crippen MR) is 134 cm³/mol. The largest absolute Gasteiger partial charge is 0.467 e. The number of hydrogen-bond donors (Lipinski definition) is 0. The van der Waals surface area contributed by atoms with Crippen molar-refractivity contribution in [3.05, 3.63) is 119 Å². The fourth-order valence-corrected chi connectivity index (χ4v) is 4.61. The van der Waals surface area contributed by atoms with E-state index < -0.39 is 5.82 Å². The van der Waals surface area contributed by atoms with Gasteiger partial charge in [-0.05, 0) is 60.7 Å². The lowest BCUT2D eigenvalue weighted by atomic mass is 10.2. The molecule has 174 valence electrons. The van der Waals surface area contributed by atoms with E-state index in [2.05, 4.69) is 4.98 Å². The normalized spacial score (nSPS) is 11.0. The van der Waals surface area contributed by atoms with Crippen molar-refractivity contribution in [3.63, 3.8) is 0 Å². The van der Waals surface area contributed by atoms with E-state index in [1.165, 1.54) is 28.8 Å². The summed E-state index contributed by atoms with van der Waals surface area (Å²) in [6, 6.07) is 25.6. The molecular formula is C27H20FN3O3S. The number of carbonyl (C=O) groups is 1. The van der Waals surface area contributed by atoms with Crippen molar-refractivity contribution in [2.24, 2.45) is 0 Å². The first kappa shape index (κ1) is 22.6. The molecule has 0 fully saturated rings. The van der Waals surface area contributed by atoms with Gasteiger partial charge in [0.15, 0.2) is 5.16 Å². The first-order valence-corrected chi connectivity index (χ1v) is 11.9. The molecule has 2 aromatic heterocycles. The van der Waals surface area contributed by atoms with E-state index in [4.69, 9.17) is 4.42 Å².